The van der Waals surface area contributed by atoms with Gasteiger partial charge in [-0.05, 0) is 30.5 Å². The van der Waals surface area contributed by atoms with E-state index in [0.717, 1.165) is 36.7 Å². The van der Waals surface area contributed by atoms with E-state index >= 15 is 0 Å². The molecule has 1 aromatic carbocycles. The summed E-state index contributed by atoms with van der Waals surface area (Å²) in [6, 6.07) is 10.6. The molecule has 0 aliphatic rings. The van der Waals surface area contributed by atoms with Gasteiger partial charge in [0.05, 0.1) is 5.52 Å². The lowest BCUT2D eigenvalue weighted by atomic mass is 10.1. The number of fused-ring (bicyclic) bond motifs is 1. The molecule has 0 unspecified atom stereocenters. The molecule has 2 rings (SSSR count). The van der Waals surface area contributed by atoms with Crippen LogP contribution in [0.25, 0.3) is 10.9 Å². The van der Waals surface area contributed by atoms with E-state index < -0.39 is 0 Å². The van der Waals surface area contributed by atoms with Crippen LogP contribution in [0.4, 0.5) is 5.82 Å². The maximum Gasteiger partial charge on any atom is 0.129 e. The molecule has 0 fully saturated rings. The van der Waals surface area contributed by atoms with E-state index in [1.807, 2.05) is 11.8 Å². The number of pyridine rings is 1. The molecule has 0 aliphatic heterocycles. The average Bonchev–Trinajstić information content (AvgIpc) is 2.49. The van der Waals surface area contributed by atoms with Gasteiger partial charge in [-0.25, -0.2) is 4.98 Å². The van der Waals surface area contributed by atoms with Gasteiger partial charge in [0.2, 0.25) is 0 Å². The van der Waals surface area contributed by atoms with E-state index in [0.29, 0.717) is 0 Å². The van der Waals surface area contributed by atoms with Crippen molar-refractivity contribution in [3.63, 3.8) is 0 Å². The maximum absolute atomic E-state index is 4.79. The van der Waals surface area contributed by atoms with Crippen molar-refractivity contribution < 1.29 is 0 Å². The quantitative estimate of drug-likeness (QED) is 0.847. The van der Waals surface area contributed by atoms with Crippen LogP contribution in [0, 0.1) is 0 Å². The van der Waals surface area contributed by atoms with Crippen molar-refractivity contribution in [3.8, 4) is 0 Å². The maximum atomic E-state index is 4.79. The number of benzene rings is 1. The Hall–Kier alpha value is -1.26. The Morgan fingerprint density at radius 2 is 2.10 bits per heavy atom. The van der Waals surface area contributed by atoms with Crippen molar-refractivity contribution in [1.29, 1.82) is 0 Å². The van der Waals surface area contributed by atoms with E-state index in [1.165, 1.54) is 10.9 Å². The number of rotatable bonds is 7. The van der Waals surface area contributed by atoms with Crippen molar-refractivity contribution in [2.75, 3.05) is 37.0 Å². The zero-order valence-electron chi connectivity index (χ0n) is 12.5. The number of nitrogens with zero attached hydrogens (tertiary/aromatic N) is 2. The van der Waals surface area contributed by atoms with E-state index in [9.17, 15) is 0 Å². The minimum Gasteiger partial charge on any atom is -0.359 e. The third kappa shape index (κ3) is 3.64. The van der Waals surface area contributed by atoms with Crippen molar-refractivity contribution >= 4 is 28.5 Å². The highest BCUT2D eigenvalue weighted by Crippen LogP contribution is 2.22. The second kappa shape index (κ2) is 7.50. The third-order valence-corrected chi connectivity index (χ3v) is 3.97. The lowest BCUT2D eigenvalue weighted by Crippen LogP contribution is -2.22. The first-order chi connectivity index (χ1) is 9.76. The van der Waals surface area contributed by atoms with Crippen molar-refractivity contribution in [1.82, 2.24) is 10.3 Å². The first-order valence-electron chi connectivity index (χ1n) is 7.05. The molecule has 0 spiro atoms. The Morgan fingerprint density at radius 3 is 2.85 bits per heavy atom. The Morgan fingerprint density at radius 1 is 1.30 bits per heavy atom. The van der Waals surface area contributed by atoms with Crippen LogP contribution in [-0.4, -0.2) is 37.1 Å². The summed E-state index contributed by atoms with van der Waals surface area (Å²) >= 11 is 1.86. The summed E-state index contributed by atoms with van der Waals surface area (Å²) in [7, 11) is 2.12. The topological polar surface area (TPSA) is 28.2 Å². The number of anilines is 1. The van der Waals surface area contributed by atoms with Crippen LogP contribution in [0.2, 0.25) is 0 Å². The number of hydrogen-bond acceptors (Lipinski definition) is 4. The molecule has 0 atom stereocenters. The van der Waals surface area contributed by atoms with Gasteiger partial charge in [0.25, 0.3) is 0 Å². The molecule has 3 nitrogen and oxygen atoms in total. The number of thioether (sulfide) groups is 1. The zero-order chi connectivity index (χ0) is 14.4. The zero-order valence-corrected chi connectivity index (χ0v) is 13.3. The molecule has 0 bridgehead atoms. The number of aromatic nitrogens is 1. The van der Waals surface area contributed by atoms with Crippen LogP contribution in [0.5, 0.6) is 0 Å². The highest BCUT2D eigenvalue weighted by molar-refractivity contribution is 7.98. The van der Waals surface area contributed by atoms with Crippen molar-refractivity contribution in [3.05, 3.63) is 35.9 Å². The van der Waals surface area contributed by atoms with Crippen LogP contribution < -0.4 is 10.2 Å². The van der Waals surface area contributed by atoms with Crippen molar-refractivity contribution in [2.45, 2.75) is 13.5 Å². The normalized spacial score (nSPS) is 10.9. The van der Waals surface area contributed by atoms with Crippen LogP contribution >= 0.6 is 11.8 Å². The van der Waals surface area contributed by atoms with E-state index in [4.69, 9.17) is 4.98 Å². The molecule has 2 aromatic rings. The Kier molecular flexibility index (Phi) is 5.68. The first kappa shape index (κ1) is 15.1. The molecule has 0 saturated carbocycles. The smallest absolute Gasteiger partial charge is 0.129 e. The van der Waals surface area contributed by atoms with Gasteiger partial charge in [-0.2, -0.15) is 11.8 Å². The summed E-state index contributed by atoms with van der Waals surface area (Å²) < 4.78 is 0. The molecular weight excluding hydrogens is 266 g/mol. The van der Waals surface area contributed by atoms with E-state index in [1.54, 1.807) is 0 Å². The summed E-state index contributed by atoms with van der Waals surface area (Å²) in [6.07, 6.45) is 2.14. The molecule has 20 heavy (non-hydrogen) atoms. The fourth-order valence-electron chi connectivity index (χ4n) is 2.18. The Labute approximate surface area is 125 Å². The van der Waals surface area contributed by atoms with Gasteiger partial charge in [0.1, 0.15) is 5.82 Å². The molecule has 1 heterocycles. The van der Waals surface area contributed by atoms with E-state index in [-0.39, 0.29) is 0 Å². The Bertz CT molecular complexity index is 556. The molecular formula is C16H23N3S. The second-order valence-electron chi connectivity index (χ2n) is 4.85. The molecule has 1 N–H and O–H groups in total. The minimum atomic E-state index is 0.892. The highest BCUT2D eigenvalue weighted by Gasteiger charge is 2.08. The predicted octanol–water partition coefficient (Wildman–Crippen LogP) is 3.14. The standard InChI is InChI=1S/C16H23N3S/c1-4-17-12-13-11-16(19(2)9-10-20-3)18-15-8-6-5-7-14(13)15/h5-8,11,17H,4,9-10,12H2,1-3H3. The largest absolute Gasteiger partial charge is 0.359 e. The molecule has 0 saturated heterocycles. The summed E-state index contributed by atoms with van der Waals surface area (Å²) in [5, 5.41) is 4.66. The van der Waals surface area contributed by atoms with Gasteiger partial charge >= 0.3 is 0 Å². The average molecular weight is 289 g/mol. The molecule has 4 heteroatoms. The Balaban J connectivity index is 2.35. The summed E-state index contributed by atoms with van der Waals surface area (Å²) in [4.78, 5) is 7.02. The minimum absolute atomic E-state index is 0.892. The monoisotopic (exact) mass is 289 g/mol. The lowest BCUT2D eigenvalue weighted by molar-refractivity contribution is 0.729. The third-order valence-electron chi connectivity index (χ3n) is 3.38. The van der Waals surface area contributed by atoms with Crippen LogP contribution in [0.3, 0.4) is 0 Å². The summed E-state index contributed by atoms with van der Waals surface area (Å²) in [5.41, 5.74) is 2.40. The summed E-state index contributed by atoms with van der Waals surface area (Å²) in [6.45, 7) is 5.03. The van der Waals surface area contributed by atoms with Crippen LogP contribution in [-0.2, 0) is 6.54 Å². The van der Waals surface area contributed by atoms with Gasteiger partial charge in [-0.1, -0.05) is 25.1 Å². The highest BCUT2D eigenvalue weighted by atomic mass is 32.2. The fourth-order valence-corrected chi connectivity index (χ4v) is 2.63. The number of para-hydroxylation sites is 1. The van der Waals surface area contributed by atoms with Crippen LogP contribution in [0.15, 0.2) is 30.3 Å². The van der Waals surface area contributed by atoms with Crippen LogP contribution in [0.1, 0.15) is 12.5 Å². The molecule has 0 radical (unpaired) electrons. The SMILES string of the molecule is CCNCc1cc(N(C)CCSC)nc2ccccc12. The van der Waals surface area contributed by atoms with Gasteiger partial charge in [-0.15, -0.1) is 0 Å². The van der Waals surface area contributed by atoms with Gasteiger partial charge in [0, 0.05) is 31.3 Å². The van der Waals surface area contributed by atoms with Gasteiger partial charge < -0.3 is 10.2 Å². The molecule has 0 aliphatic carbocycles. The first-order valence-corrected chi connectivity index (χ1v) is 8.45. The number of hydrogen-bond donors (Lipinski definition) is 1. The van der Waals surface area contributed by atoms with E-state index in [2.05, 4.69) is 60.8 Å². The molecule has 108 valence electrons. The molecule has 1 aromatic heterocycles. The predicted molar refractivity (Wildman–Crippen MR) is 90.8 cm³/mol. The fraction of sp³-hybridized carbons (Fsp3) is 0.438. The number of nitrogens with one attached hydrogen (secondary N) is 1. The second-order valence-corrected chi connectivity index (χ2v) is 5.84. The summed E-state index contributed by atoms with van der Waals surface area (Å²) in [5.74, 6) is 2.18. The van der Waals surface area contributed by atoms with Gasteiger partial charge in [-0.3, -0.25) is 0 Å². The molecule has 0 amide bonds. The van der Waals surface area contributed by atoms with Gasteiger partial charge in [0.15, 0.2) is 0 Å². The van der Waals surface area contributed by atoms with Crippen molar-refractivity contribution in [2.24, 2.45) is 0 Å². The lowest BCUT2D eigenvalue weighted by Gasteiger charge is -2.19.